The molecule has 0 radical (unpaired) electrons. The van der Waals surface area contributed by atoms with Crippen molar-refractivity contribution in [3.8, 4) is 11.3 Å². The van der Waals surface area contributed by atoms with E-state index in [0.29, 0.717) is 0 Å². The van der Waals surface area contributed by atoms with Crippen LogP contribution >= 0.6 is 0 Å². The van der Waals surface area contributed by atoms with Gasteiger partial charge < -0.3 is 5.32 Å². The third-order valence-electron chi connectivity index (χ3n) is 3.21. The Morgan fingerprint density at radius 2 is 2.00 bits per heavy atom. The Morgan fingerprint density at radius 1 is 1.05 bits per heavy atom. The van der Waals surface area contributed by atoms with Gasteiger partial charge in [0.1, 0.15) is 5.82 Å². The summed E-state index contributed by atoms with van der Waals surface area (Å²) in [6.45, 7) is 3.08. The largest absolute Gasteiger partial charge is 0.370 e. The Hall–Kier alpha value is -2.42. The van der Waals surface area contributed by atoms with E-state index in [4.69, 9.17) is 0 Å². The van der Waals surface area contributed by atoms with E-state index >= 15 is 0 Å². The second-order valence-electron chi connectivity index (χ2n) is 4.75. The van der Waals surface area contributed by atoms with Crippen LogP contribution in [0.25, 0.3) is 22.2 Å². The number of hydrogen-bond acceptors (Lipinski definition) is 3. The molecule has 3 nitrogen and oxygen atoms in total. The molecule has 20 heavy (non-hydrogen) atoms. The Bertz CT molecular complexity index is 722. The fourth-order valence-corrected chi connectivity index (χ4v) is 2.17. The second-order valence-corrected chi connectivity index (χ2v) is 4.75. The highest BCUT2D eigenvalue weighted by Crippen LogP contribution is 2.22. The average molecular weight is 263 g/mol. The summed E-state index contributed by atoms with van der Waals surface area (Å²) in [7, 11) is 0. The average Bonchev–Trinajstić information content (AvgIpc) is 2.53. The maximum absolute atomic E-state index is 4.65. The van der Waals surface area contributed by atoms with E-state index in [9.17, 15) is 0 Å². The van der Waals surface area contributed by atoms with E-state index in [1.54, 1.807) is 0 Å². The molecule has 2 heterocycles. The third kappa shape index (κ3) is 2.62. The topological polar surface area (TPSA) is 37.8 Å². The lowest BCUT2D eigenvalue weighted by Gasteiger charge is -2.07. The smallest absolute Gasteiger partial charge is 0.126 e. The summed E-state index contributed by atoms with van der Waals surface area (Å²) in [5.74, 6) is 0.922. The van der Waals surface area contributed by atoms with Crippen molar-refractivity contribution in [2.45, 2.75) is 13.3 Å². The van der Waals surface area contributed by atoms with Gasteiger partial charge in [-0.1, -0.05) is 31.2 Å². The lowest BCUT2D eigenvalue weighted by Crippen LogP contribution is -2.01. The van der Waals surface area contributed by atoms with Gasteiger partial charge in [0.15, 0.2) is 0 Å². The number of pyridine rings is 2. The number of benzene rings is 1. The van der Waals surface area contributed by atoms with Crippen molar-refractivity contribution in [2.75, 3.05) is 11.9 Å². The van der Waals surface area contributed by atoms with Crippen LogP contribution in [0, 0.1) is 0 Å². The highest BCUT2D eigenvalue weighted by molar-refractivity contribution is 5.83. The van der Waals surface area contributed by atoms with Crippen LogP contribution < -0.4 is 5.32 Å². The van der Waals surface area contributed by atoms with Crippen LogP contribution in [0.4, 0.5) is 5.82 Å². The van der Waals surface area contributed by atoms with E-state index in [0.717, 1.165) is 40.9 Å². The summed E-state index contributed by atoms with van der Waals surface area (Å²) < 4.78 is 0. The molecule has 3 heteroatoms. The molecule has 100 valence electrons. The van der Waals surface area contributed by atoms with Crippen molar-refractivity contribution in [1.82, 2.24) is 9.97 Å². The van der Waals surface area contributed by atoms with Crippen molar-refractivity contribution in [3.05, 3.63) is 54.7 Å². The zero-order chi connectivity index (χ0) is 13.8. The van der Waals surface area contributed by atoms with Crippen molar-refractivity contribution in [1.29, 1.82) is 0 Å². The molecule has 0 unspecified atom stereocenters. The lowest BCUT2D eigenvalue weighted by molar-refractivity contribution is 0.970. The number of nitrogens with zero attached hydrogens (tertiary/aromatic N) is 2. The first-order chi connectivity index (χ1) is 9.86. The molecule has 0 amide bonds. The molecule has 2 aromatic heterocycles. The molecule has 0 aliphatic carbocycles. The van der Waals surface area contributed by atoms with Gasteiger partial charge in [-0.25, -0.2) is 4.98 Å². The normalized spacial score (nSPS) is 10.7. The molecule has 0 atom stereocenters. The first-order valence-electron chi connectivity index (χ1n) is 6.93. The summed E-state index contributed by atoms with van der Waals surface area (Å²) in [5, 5.41) is 4.46. The van der Waals surface area contributed by atoms with Gasteiger partial charge in [0.05, 0.1) is 11.2 Å². The molecule has 3 aromatic rings. The van der Waals surface area contributed by atoms with Crippen LogP contribution in [0.5, 0.6) is 0 Å². The molecule has 1 aromatic carbocycles. The summed E-state index contributed by atoms with van der Waals surface area (Å²) in [6, 6.07) is 16.3. The zero-order valence-electron chi connectivity index (χ0n) is 11.5. The van der Waals surface area contributed by atoms with E-state index < -0.39 is 0 Å². The third-order valence-corrected chi connectivity index (χ3v) is 3.21. The molecule has 0 aliphatic heterocycles. The molecule has 0 fully saturated rings. The van der Waals surface area contributed by atoms with Crippen molar-refractivity contribution in [3.63, 3.8) is 0 Å². The highest BCUT2D eigenvalue weighted by Gasteiger charge is 2.02. The van der Waals surface area contributed by atoms with E-state index in [1.165, 1.54) is 0 Å². The minimum Gasteiger partial charge on any atom is -0.370 e. The van der Waals surface area contributed by atoms with E-state index in [2.05, 4.69) is 46.5 Å². The van der Waals surface area contributed by atoms with Crippen molar-refractivity contribution >= 4 is 16.7 Å². The van der Waals surface area contributed by atoms with Crippen LogP contribution in [0.15, 0.2) is 54.7 Å². The molecule has 1 N–H and O–H groups in total. The predicted octanol–water partition coefficient (Wildman–Crippen LogP) is 4.12. The first kappa shape index (κ1) is 12.6. The SMILES string of the molecule is CCCNc1cccc(-c2ccc3cccnc3c2)n1. The summed E-state index contributed by atoms with van der Waals surface area (Å²) in [4.78, 5) is 9.04. The standard InChI is InChI=1S/C17H17N3/c1-2-10-19-17-7-3-6-15(20-17)14-9-8-13-5-4-11-18-16(13)12-14/h3-9,11-12H,2,10H2,1H3,(H,19,20). The number of hydrogen-bond donors (Lipinski definition) is 1. The molecule has 0 bridgehead atoms. The van der Waals surface area contributed by atoms with Gasteiger partial charge in [0.25, 0.3) is 0 Å². The Kier molecular flexibility index (Phi) is 3.59. The molecule has 0 aliphatic rings. The second kappa shape index (κ2) is 5.70. The maximum Gasteiger partial charge on any atom is 0.126 e. The Labute approximate surface area is 118 Å². The molecule has 3 rings (SSSR count). The van der Waals surface area contributed by atoms with Crippen LogP contribution in [0.1, 0.15) is 13.3 Å². The van der Waals surface area contributed by atoms with Crippen LogP contribution in [-0.2, 0) is 0 Å². The Morgan fingerprint density at radius 3 is 2.90 bits per heavy atom. The first-order valence-corrected chi connectivity index (χ1v) is 6.93. The zero-order valence-corrected chi connectivity index (χ0v) is 11.5. The minimum atomic E-state index is 0.922. The number of aromatic nitrogens is 2. The van der Waals surface area contributed by atoms with Gasteiger partial charge in [-0.05, 0) is 30.7 Å². The molecule has 0 saturated carbocycles. The van der Waals surface area contributed by atoms with Crippen LogP contribution in [0.2, 0.25) is 0 Å². The molecule has 0 saturated heterocycles. The summed E-state index contributed by atoms with van der Waals surface area (Å²) in [6.07, 6.45) is 2.91. The number of rotatable bonds is 4. The van der Waals surface area contributed by atoms with Gasteiger partial charge in [-0.3, -0.25) is 4.98 Å². The number of nitrogens with one attached hydrogen (secondary N) is 1. The van der Waals surface area contributed by atoms with Gasteiger partial charge in [-0.15, -0.1) is 0 Å². The molecular weight excluding hydrogens is 246 g/mol. The van der Waals surface area contributed by atoms with E-state index in [-0.39, 0.29) is 0 Å². The van der Waals surface area contributed by atoms with E-state index in [1.807, 2.05) is 30.5 Å². The quantitative estimate of drug-likeness (QED) is 0.769. The minimum absolute atomic E-state index is 0.922. The van der Waals surface area contributed by atoms with Crippen molar-refractivity contribution < 1.29 is 0 Å². The summed E-state index contributed by atoms with van der Waals surface area (Å²) >= 11 is 0. The summed E-state index contributed by atoms with van der Waals surface area (Å²) in [5.41, 5.74) is 3.06. The van der Waals surface area contributed by atoms with Gasteiger partial charge in [-0.2, -0.15) is 0 Å². The molecular formula is C17H17N3. The monoisotopic (exact) mass is 263 g/mol. The highest BCUT2D eigenvalue weighted by atomic mass is 15.0. The Balaban J connectivity index is 1.97. The number of fused-ring (bicyclic) bond motifs is 1. The van der Waals surface area contributed by atoms with Gasteiger partial charge in [0.2, 0.25) is 0 Å². The van der Waals surface area contributed by atoms with Gasteiger partial charge in [0, 0.05) is 23.7 Å². The maximum atomic E-state index is 4.65. The fourth-order valence-electron chi connectivity index (χ4n) is 2.17. The lowest BCUT2D eigenvalue weighted by atomic mass is 10.1. The fraction of sp³-hybridized carbons (Fsp3) is 0.176. The van der Waals surface area contributed by atoms with Gasteiger partial charge >= 0.3 is 0 Å². The van der Waals surface area contributed by atoms with Crippen molar-refractivity contribution in [2.24, 2.45) is 0 Å². The van der Waals surface area contributed by atoms with Crippen LogP contribution in [0.3, 0.4) is 0 Å². The van der Waals surface area contributed by atoms with Crippen LogP contribution in [-0.4, -0.2) is 16.5 Å². The number of anilines is 1. The predicted molar refractivity (Wildman–Crippen MR) is 83.8 cm³/mol. The molecule has 0 spiro atoms.